The predicted octanol–water partition coefficient (Wildman–Crippen LogP) is 1.50. The Morgan fingerprint density at radius 2 is 2.05 bits per heavy atom. The fraction of sp³-hybridized carbons (Fsp3) is 0.286. The number of fused-ring (bicyclic) bond motifs is 1. The Morgan fingerprint density at radius 3 is 2.60 bits per heavy atom. The fourth-order valence-electron chi connectivity index (χ4n) is 2.51. The SMILES string of the molecule is N#CCCC1(C(=O)O)Cc2cc(C(=O)O)ccc2C1=O. The summed E-state index contributed by atoms with van der Waals surface area (Å²) in [6.07, 6.45) is -0.189. The molecule has 1 atom stereocenters. The monoisotopic (exact) mass is 273 g/mol. The van der Waals surface area contributed by atoms with Gasteiger partial charge in [-0.15, -0.1) is 0 Å². The van der Waals surface area contributed by atoms with Crippen LogP contribution in [0.1, 0.15) is 39.1 Å². The van der Waals surface area contributed by atoms with Gasteiger partial charge in [-0.1, -0.05) is 6.07 Å². The minimum atomic E-state index is -1.64. The molecule has 1 aliphatic carbocycles. The molecule has 0 aliphatic heterocycles. The molecule has 20 heavy (non-hydrogen) atoms. The normalized spacial score (nSPS) is 20.2. The van der Waals surface area contributed by atoms with Crippen LogP contribution in [0.15, 0.2) is 18.2 Å². The lowest BCUT2D eigenvalue weighted by Gasteiger charge is -2.20. The average molecular weight is 273 g/mol. The average Bonchev–Trinajstić information content (AvgIpc) is 2.70. The first-order valence-electron chi connectivity index (χ1n) is 5.94. The van der Waals surface area contributed by atoms with E-state index in [4.69, 9.17) is 10.4 Å². The zero-order chi connectivity index (χ0) is 14.9. The Morgan fingerprint density at radius 1 is 1.35 bits per heavy atom. The minimum absolute atomic E-state index is 0.0121. The number of nitrogens with zero attached hydrogens (tertiary/aromatic N) is 1. The van der Waals surface area contributed by atoms with E-state index in [0.717, 1.165) is 0 Å². The number of nitriles is 1. The van der Waals surface area contributed by atoms with E-state index in [-0.39, 0.29) is 30.4 Å². The summed E-state index contributed by atoms with van der Waals surface area (Å²) in [6.45, 7) is 0. The molecular formula is C14H11NO5. The van der Waals surface area contributed by atoms with E-state index in [0.29, 0.717) is 5.56 Å². The van der Waals surface area contributed by atoms with Gasteiger partial charge in [-0.2, -0.15) is 5.26 Å². The van der Waals surface area contributed by atoms with Gasteiger partial charge < -0.3 is 10.2 Å². The third-order valence-corrected chi connectivity index (χ3v) is 3.60. The van der Waals surface area contributed by atoms with Crippen LogP contribution in [0.5, 0.6) is 0 Å². The van der Waals surface area contributed by atoms with E-state index < -0.39 is 23.1 Å². The molecule has 0 saturated carbocycles. The maximum absolute atomic E-state index is 12.3. The van der Waals surface area contributed by atoms with Gasteiger partial charge in [-0.05, 0) is 30.5 Å². The van der Waals surface area contributed by atoms with Crippen molar-refractivity contribution >= 4 is 17.7 Å². The summed E-state index contributed by atoms with van der Waals surface area (Å²) in [5, 5.41) is 26.9. The highest BCUT2D eigenvalue weighted by atomic mass is 16.4. The molecule has 6 nitrogen and oxygen atoms in total. The number of hydrogen-bond donors (Lipinski definition) is 2. The van der Waals surface area contributed by atoms with E-state index in [1.165, 1.54) is 18.2 Å². The van der Waals surface area contributed by atoms with Crippen LogP contribution in [0, 0.1) is 16.7 Å². The number of benzene rings is 1. The molecule has 0 radical (unpaired) electrons. The number of Topliss-reactive ketones (excluding diaryl/α,β-unsaturated/α-hetero) is 1. The van der Waals surface area contributed by atoms with Crippen molar-refractivity contribution in [3.8, 4) is 6.07 Å². The zero-order valence-corrected chi connectivity index (χ0v) is 10.4. The summed E-state index contributed by atoms with van der Waals surface area (Å²) in [7, 11) is 0. The minimum Gasteiger partial charge on any atom is -0.480 e. The number of aliphatic carboxylic acids is 1. The largest absolute Gasteiger partial charge is 0.480 e. The highest BCUT2D eigenvalue weighted by molar-refractivity contribution is 6.16. The standard InChI is InChI=1S/C14H11NO5/c15-5-1-4-14(13(19)20)7-9-6-8(12(17)18)2-3-10(9)11(14)16/h2-3,6H,1,4,7H2,(H,17,18)(H,19,20). The summed E-state index contributed by atoms with van der Waals surface area (Å²) in [6, 6.07) is 5.79. The molecule has 2 rings (SSSR count). The second kappa shape index (κ2) is 4.78. The first-order chi connectivity index (χ1) is 9.42. The maximum Gasteiger partial charge on any atom is 0.335 e. The van der Waals surface area contributed by atoms with Gasteiger partial charge in [0.2, 0.25) is 0 Å². The zero-order valence-electron chi connectivity index (χ0n) is 10.4. The molecule has 0 spiro atoms. The first kappa shape index (κ1) is 13.7. The van der Waals surface area contributed by atoms with Gasteiger partial charge in [0, 0.05) is 12.0 Å². The molecule has 0 fully saturated rings. The molecule has 1 unspecified atom stereocenters. The molecule has 102 valence electrons. The quantitative estimate of drug-likeness (QED) is 0.803. The van der Waals surface area contributed by atoms with E-state index in [1.54, 1.807) is 0 Å². The van der Waals surface area contributed by atoms with Crippen LogP contribution in [0.3, 0.4) is 0 Å². The number of aromatic carboxylic acids is 1. The molecule has 0 aromatic heterocycles. The van der Waals surface area contributed by atoms with Gasteiger partial charge >= 0.3 is 11.9 Å². The van der Waals surface area contributed by atoms with Crippen molar-refractivity contribution in [3.05, 3.63) is 34.9 Å². The number of carbonyl (C=O) groups excluding carboxylic acids is 1. The predicted molar refractivity (Wildman–Crippen MR) is 66.4 cm³/mol. The van der Waals surface area contributed by atoms with Crippen molar-refractivity contribution in [2.75, 3.05) is 0 Å². The summed E-state index contributed by atoms with van der Waals surface area (Å²) in [4.78, 5) is 34.7. The maximum atomic E-state index is 12.3. The van der Waals surface area contributed by atoms with E-state index >= 15 is 0 Å². The molecule has 0 saturated heterocycles. The van der Waals surface area contributed by atoms with Crippen molar-refractivity contribution in [1.29, 1.82) is 5.26 Å². The first-order valence-corrected chi connectivity index (χ1v) is 5.94. The summed E-state index contributed by atoms with van der Waals surface area (Å²) < 4.78 is 0. The third-order valence-electron chi connectivity index (χ3n) is 3.60. The van der Waals surface area contributed by atoms with E-state index in [1.807, 2.05) is 6.07 Å². The second-order valence-electron chi connectivity index (χ2n) is 4.73. The number of hydrogen-bond acceptors (Lipinski definition) is 4. The Balaban J connectivity index is 2.47. The molecule has 1 aromatic rings. The summed E-state index contributed by atoms with van der Waals surface area (Å²) in [5.74, 6) is -2.96. The van der Waals surface area contributed by atoms with Gasteiger partial charge in [0.1, 0.15) is 5.41 Å². The van der Waals surface area contributed by atoms with Crippen molar-refractivity contribution in [1.82, 2.24) is 0 Å². The van der Waals surface area contributed by atoms with Crippen LogP contribution >= 0.6 is 0 Å². The summed E-state index contributed by atoms with van der Waals surface area (Å²) in [5.41, 5.74) is -0.988. The van der Waals surface area contributed by atoms with Crippen LogP contribution in [0.25, 0.3) is 0 Å². The molecule has 6 heteroatoms. The Bertz CT molecular complexity index is 658. The highest BCUT2D eigenvalue weighted by Gasteiger charge is 2.51. The Hall–Kier alpha value is -2.68. The number of carboxylic acid groups (broad SMARTS) is 2. The van der Waals surface area contributed by atoms with Crippen LogP contribution < -0.4 is 0 Å². The molecule has 1 aromatic carbocycles. The smallest absolute Gasteiger partial charge is 0.335 e. The van der Waals surface area contributed by atoms with Crippen LogP contribution in [0.4, 0.5) is 0 Å². The lowest BCUT2D eigenvalue weighted by atomic mass is 9.79. The molecule has 0 bridgehead atoms. The molecule has 2 N–H and O–H groups in total. The Kier molecular flexibility index (Phi) is 3.28. The van der Waals surface area contributed by atoms with Gasteiger partial charge in [0.15, 0.2) is 5.78 Å². The Labute approximate surface area is 114 Å². The number of ketones is 1. The van der Waals surface area contributed by atoms with Crippen molar-refractivity contribution < 1.29 is 24.6 Å². The second-order valence-corrected chi connectivity index (χ2v) is 4.73. The lowest BCUT2D eigenvalue weighted by molar-refractivity contribution is -0.145. The van der Waals surface area contributed by atoms with E-state index in [2.05, 4.69) is 0 Å². The van der Waals surface area contributed by atoms with Crippen molar-refractivity contribution in [3.63, 3.8) is 0 Å². The molecule has 0 heterocycles. The van der Waals surface area contributed by atoms with Crippen LogP contribution in [-0.4, -0.2) is 27.9 Å². The fourth-order valence-corrected chi connectivity index (χ4v) is 2.51. The van der Waals surface area contributed by atoms with Crippen molar-refractivity contribution in [2.45, 2.75) is 19.3 Å². The molecular weight excluding hydrogens is 262 g/mol. The summed E-state index contributed by atoms with van der Waals surface area (Å²) >= 11 is 0. The number of carbonyl (C=O) groups is 3. The number of carboxylic acids is 2. The van der Waals surface area contributed by atoms with Gasteiger partial charge in [-0.3, -0.25) is 9.59 Å². The van der Waals surface area contributed by atoms with Crippen molar-refractivity contribution in [2.24, 2.45) is 5.41 Å². The van der Waals surface area contributed by atoms with Crippen LogP contribution in [-0.2, 0) is 11.2 Å². The highest BCUT2D eigenvalue weighted by Crippen LogP contribution is 2.41. The van der Waals surface area contributed by atoms with Gasteiger partial charge in [-0.25, -0.2) is 4.79 Å². The van der Waals surface area contributed by atoms with Gasteiger partial charge in [0.25, 0.3) is 0 Å². The lowest BCUT2D eigenvalue weighted by Crippen LogP contribution is -2.37. The third kappa shape index (κ3) is 1.93. The molecule has 0 amide bonds. The van der Waals surface area contributed by atoms with E-state index in [9.17, 15) is 19.5 Å². The topological polar surface area (TPSA) is 115 Å². The number of rotatable bonds is 4. The molecule has 1 aliphatic rings. The van der Waals surface area contributed by atoms with Gasteiger partial charge in [0.05, 0.1) is 11.6 Å². The van der Waals surface area contributed by atoms with Crippen LogP contribution in [0.2, 0.25) is 0 Å².